The van der Waals surface area contributed by atoms with Crippen molar-refractivity contribution in [1.29, 1.82) is 0 Å². The lowest BCUT2D eigenvalue weighted by molar-refractivity contribution is -0.124. The highest BCUT2D eigenvalue weighted by Crippen LogP contribution is 2.16. The van der Waals surface area contributed by atoms with Crippen LogP contribution in [0.15, 0.2) is 24.3 Å². The summed E-state index contributed by atoms with van der Waals surface area (Å²) in [6.45, 7) is 4.23. The summed E-state index contributed by atoms with van der Waals surface area (Å²) in [5.74, 6) is -0.317. The molecule has 0 aromatic heterocycles. The zero-order chi connectivity index (χ0) is 40.8. The van der Waals surface area contributed by atoms with Crippen LogP contribution in [0.5, 0.6) is 0 Å². The predicted octanol–water partition coefficient (Wildman–Crippen LogP) is 14.9. The van der Waals surface area contributed by atoms with Crippen molar-refractivity contribution < 1.29 is 20.1 Å². The first-order valence-electron chi connectivity index (χ1n) is 25.1. The molecule has 0 radical (unpaired) electrons. The number of carbonyl (C=O) groups is 1. The minimum atomic E-state index is -0.930. The van der Waals surface area contributed by atoms with E-state index in [9.17, 15) is 20.1 Å². The van der Waals surface area contributed by atoms with Gasteiger partial charge in [-0.05, 0) is 44.9 Å². The van der Waals surface area contributed by atoms with Gasteiger partial charge < -0.3 is 20.6 Å². The molecule has 0 saturated carbocycles. The summed E-state index contributed by atoms with van der Waals surface area (Å²) < 4.78 is 0. The summed E-state index contributed by atoms with van der Waals surface area (Å²) in [5.41, 5.74) is 0. The van der Waals surface area contributed by atoms with Gasteiger partial charge in [0.2, 0.25) is 5.91 Å². The number of rotatable bonds is 46. The van der Waals surface area contributed by atoms with Gasteiger partial charge in [0.1, 0.15) is 0 Å². The van der Waals surface area contributed by atoms with Crippen LogP contribution < -0.4 is 5.32 Å². The number of amides is 1. The lowest BCUT2D eigenvalue weighted by Crippen LogP contribution is -2.45. The van der Waals surface area contributed by atoms with Crippen molar-refractivity contribution in [1.82, 2.24) is 5.32 Å². The van der Waals surface area contributed by atoms with Crippen molar-refractivity contribution in [3.05, 3.63) is 24.3 Å². The highest BCUT2D eigenvalue weighted by atomic mass is 16.3. The van der Waals surface area contributed by atoms with Crippen molar-refractivity contribution in [3.8, 4) is 0 Å². The fourth-order valence-electron chi connectivity index (χ4n) is 7.87. The van der Waals surface area contributed by atoms with Gasteiger partial charge in [-0.15, -0.1) is 0 Å². The number of nitrogens with one attached hydrogen (secondary N) is 1. The van der Waals surface area contributed by atoms with Gasteiger partial charge >= 0.3 is 0 Å². The zero-order valence-electron chi connectivity index (χ0n) is 37.8. The van der Waals surface area contributed by atoms with Crippen molar-refractivity contribution in [2.45, 2.75) is 289 Å². The number of unbranched alkanes of at least 4 members (excludes halogenated alkanes) is 35. The van der Waals surface area contributed by atoms with Crippen molar-refractivity contribution in [3.63, 3.8) is 0 Å². The molecule has 0 saturated heterocycles. The standard InChI is InChI=1S/C51H99NO4/c1-3-5-7-9-11-13-15-17-19-21-23-24-25-26-27-29-31-33-35-37-39-41-43-45-50(55)49(47-53)52-51(56)46-48(54)44-42-40-38-36-34-32-30-28-22-20-18-16-14-12-10-8-6-4-2/h28,30,43,45,48-50,53-55H,3-27,29,31-42,44,46-47H2,1-2H3,(H,52,56)/b30-28-,45-43+. The predicted molar refractivity (Wildman–Crippen MR) is 245 cm³/mol. The lowest BCUT2D eigenvalue weighted by Gasteiger charge is -2.21. The third-order valence-electron chi connectivity index (χ3n) is 11.7. The summed E-state index contributed by atoms with van der Waals surface area (Å²) in [6.07, 6.45) is 57.7. The zero-order valence-corrected chi connectivity index (χ0v) is 37.8. The van der Waals surface area contributed by atoms with E-state index < -0.39 is 18.2 Å². The van der Waals surface area contributed by atoms with E-state index in [-0.39, 0.29) is 18.9 Å². The van der Waals surface area contributed by atoms with Gasteiger partial charge in [-0.3, -0.25) is 4.79 Å². The molecule has 0 aliphatic rings. The minimum Gasteiger partial charge on any atom is -0.394 e. The Morgan fingerprint density at radius 3 is 1.09 bits per heavy atom. The normalized spacial score (nSPS) is 13.6. The van der Waals surface area contributed by atoms with Crippen LogP contribution in [0, 0.1) is 0 Å². The molecule has 1 amide bonds. The van der Waals surface area contributed by atoms with Gasteiger partial charge in [0.25, 0.3) is 0 Å². The molecule has 0 bridgehead atoms. The number of hydrogen-bond acceptors (Lipinski definition) is 4. The molecular formula is C51H99NO4. The van der Waals surface area contributed by atoms with E-state index >= 15 is 0 Å². The largest absolute Gasteiger partial charge is 0.394 e. The Labute approximate surface area is 350 Å². The van der Waals surface area contributed by atoms with E-state index in [1.165, 1.54) is 205 Å². The average Bonchev–Trinajstić information content (AvgIpc) is 3.19. The van der Waals surface area contributed by atoms with E-state index in [0.29, 0.717) is 6.42 Å². The lowest BCUT2D eigenvalue weighted by atomic mass is 10.0. The van der Waals surface area contributed by atoms with Crippen LogP contribution in [0.1, 0.15) is 271 Å². The second-order valence-corrected chi connectivity index (χ2v) is 17.4. The number of hydrogen-bond donors (Lipinski definition) is 4. The Bertz CT molecular complexity index is 829. The van der Waals surface area contributed by atoms with Crippen LogP contribution in [0.3, 0.4) is 0 Å². The molecule has 3 unspecified atom stereocenters. The first-order chi connectivity index (χ1) is 27.5. The van der Waals surface area contributed by atoms with Crippen LogP contribution in [0.2, 0.25) is 0 Å². The molecule has 5 nitrogen and oxygen atoms in total. The monoisotopic (exact) mass is 790 g/mol. The molecule has 3 atom stereocenters. The molecule has 0 heterocycles. The summed E-state index contributed by atoms with van der Waals surface area (Å²) in [4.78, 5) is 12.5. The van der Waals surface area contributed by atoms with Crippen molar-refractivity contribution in [2.75, 3.05) is 6.61 Å². The second kappa shape index (κ2) is 46.5. The van der Waals surface area contributed by atoms with Crippen LogP contribution >= 0.6 is 0 Å². The maximum atomic E-state index is 12.5. The molecule has 0 aliphatic carbocycles. The van der Waals surface area contributed by atoms with Crippen LogP contribution in [0.4, 0.5) is 0 Å². The Morgan fingerprint density at radius 2 is 0.750 bits per heavy atom. The van der Waals surface area contributed by atoms with Crippen molar-refractivity contribution in [2.24, 2.45) is 0 Å². The topological polar surface area (TPSA) is 89.8 Å². The highest BCUT2D eigenvalue weighted by Gasteiger charge is 2.20. The fraction of sp³-hybridized carbons (Fsp3) is 0.902. The number of aliphatic hydroxyl groups excluding tert-OH is 3. The number of carbonyl (C=O) groups excluding carboxylic acids is 1. The van der Waals surface area contributed by atoms with E-state index in [0.717, 1.165) is 38.5 Å². The summed E-state index contributed by atoms with van der Waals surface area (Å²) in [5, 5.41) is 33.4. The van der Waals surface area contributed by atoms with Crippen LogP contribution in [-0.2, 0) is 4.79 Å². The Kier molecular flexibility index (Phi) is 45.5. The molecule has 0 spiro atoms. The first kappa shape index (κ1) is 54.8. The van der Waals surface area contributed by atoms with E-state index in [4.69, 9.17) is 0 Å². The molecule has 5 heteroatoms. The van der Waals surface area contributed by atoms with Gasteiger partial charge in [0.15, 0.2) is 0 Å². The first-order valence-corrected chi connectivity index (χ1v) is 25.1. The SMILES string of the molecule is CCCCCCCCCCC/C=C\CCCCCCCC(O)CC(=O)NC(CO)C(O)/C=C/CCCCCCCCCCCCCCCCCCCCCCC. The average molecular weight is 790 g/mol. The van der Waals surface area contributed by atoms with Gasteiger partial charge in [-0.25, -0.2) is 0 Å². The highest BCUT2D eigenvalue weighted by molar-refractivity contribution is 5.76. The Hall–Kier alpha value is -1.17. The minimum absolute atomic E-state index is 0.0100. The third kappa shape index (κ3) is 42.4. The molecule has 0 aliphatic heterocycles. The van der Waals surface area contributed by atoms with Gasteiger partial charge in [0.05, 0.1) is 31.3 Å². The summed E-state index contributed by atoms with van der Waals surface area (Å²) in [6, 6.07) is -0.746. The van der Waals surface area contributed by atoms with Gasteiger partial charge in [0, 0.05) is 0 Å². The quantitative estimate of drug-likeness (QED) is 0.0365. The Morgan fingerprint density at radius 1 is 0.446 bits per heavy atom. The van der Waals surface area contributed by atoms with Crippen LogP contribution in [0.25, 0.3) is 0 Å². The maximum Gasteiger partial charge on any atom is 0.222 e. The van der Waals surface area contributed by atoms with Gasteiger partial charge in [-0.1, -0.05) is 244 Å². The molecule has 0 fully saturated rings. The summed E-state index contributed by atoms with van der Waals surface area (Å²) >= 11 is 0. The molecule has 0 aromatic carbocycles. The van der Waals surface area contributed by atoms with Crippen LogP contribution in [-0.4, -0.2) is 46.1 Å². The molecule has 4 N–H and O–H groups in total. The van der Waals surface area contributed by atoms with Gasteiger partial charge in [-0.2, -0.15) is 0 Å². The number of aliphatic hydroxyl groups is 3. The van der Waals surface area contributed by atoms with E-state index in [2.05, 4.69) is 31.3 Å². The molecule has 0 rings (SSSR count). The molecule has 56 heavy (non-hydrogen) atoms. The fourth-order valence-corrected chi connectivity index (χ4v) is 7.87. The maximum absolute atomic E-state index is 12.5. The smallest absolute Gasteiger partial charge is 0.222 e. The Balaban J connectivity index is 3.61. The van der Waals surface area contributed by atoms with E-state index in [1.807, 2.05) is 6.08 Å². The van der Waals surface area contributed by atoms with Crippen molar-refractivity contribution >= 4 is 5.91 Å². The molecular weight excluding hydrogens is 691 g/mol. The second-order valence-electron chi connectivity index (χ2n) is 17.4. The molecule has 0 aromatic rings. The third-order valence-corrected chi connectivity index (χ3v) is 11.7. The summed E-state index contributed by atoms with van der Waals surface area (Å²) in [7, 11) is 0. The number of allylic oxidation sites excluding steroid dienone is 3. The van der Waals surface area contributed by atoms with E-state index in [1.54, 1.807) is 6.08 Å². The molecule has 332 valence electrons.